The first-order valence-corrected chi connectivity index (χ1v) is 9.71. The number of rotatable bonds is 7. The maximum Gasteiger partial charge on any atom is 0.338 e. The third kappa shape index (κ3) is 4.55. The van der Waals surface area contributed by atoms with Gasteiger partial charge < -0.3 is 14.4 Å². The summed E-state index contributed by atoms with van der Waals surface area (Å²) < 4.78 is 10.3. The highest BCUT2D eigenvalue weighted by atomic mass is 32.1. The summed E-state index contributed by atoms with van der Waals surface area (Å²) in [4.78, 5) is 38.8. The number of nitro groups is 1. The van der Waals surface area contributed by atoms with Gasteiger partial charge in [0.15, 0.2) is 6.61 Å². The molecule has 0 atom stereocenters. The van der Waals surface area contributed by atoms with Crippen LogP contribution in [-0.4, -0.2) is 49.6 Å². The van der Waals surface area contributed by atoms with Crippen LogP contribution < -0.4 is 4.90 Å². The molecule has 2 heterocycles. The molecule has 0 unspecified atom stereocenters. The second kappa shape index (κ2) is 8.94. The molecule has 1 saturated heterocycles. The fourth-order valence-electron chi connectivity index (χ4n) is 2.87. The number of nitrogens with zero attached hydrogens (tertiary/aromatic N) is 2. The third-order valence-electron chi connectivity index (χ3n) is 4.38. The van der Waals surface area contributed by atoms with Gasteiger partial charge in [-0.2, -0.15) is 0 Å². The van der Waals surface area contributed by atoms with Gasteiger partial charge in [-0.3, -0.25) is 14.9 Å². The number of ketones is 1. The monoisotopic (exact) mass is 404 g/mol. The minimum atomic E-state index is -0.766. The summed E-state index contributed by atoms with van der Waals surface area (Å²) >= 11 is 1.37. The van der Waals surface area contributed by atoms with Crippen molar-refractivity contribution in [2.45, 2.75) is 13.3 Å². The van der Waals surface area contributed by atoms with Crippen molar-refractivity contribution in [3.8, 4) is 0 Å². The van der Waals surface area contributed by atoms with Gasteiger partial charge in [-0.25, -0.2) is 4.79 Å². The molecule has 0 N–H and O–H groups in total. The lowest BCUT2D eigenvalue weighted by molar-refractivity contribution is -0.384. The first kappa shape index (κ1) is 20.0. The molecule has 0 aliphatic carbocycles. The highest BCUT2D eigenvalue weighted by molar-refractivity contribution is 7.14. The highest BCUT2D eigenvalue weighted by Gasteiger charge is 2.24. The Labute approximate surface area is 165 Å². The van der Waals surface area contributed by atoms with Gasteiger partial charge in [0.05, 0.1) is 28.6 Å². The quantitative estimate of drug-likeness (QED) is 0.303. The number of hydrogen-bond donors (Lipinski definition) is 0. The van der Waals surface area contributed by atoms with Gasteiger partial charge >= 0.3 is 5.97 Å². The molecule has 0 radical (unpaired) electrons. The van der Waals surface area contributed by atoms with Crippen LogP contribution in [0.25, 0.3) is 0 Å². The number of aryl methyl sites for hydroxylation is 1. The average molecular weight is 404 g/mol. The molecule has 1 aromatic heterocycles. The van der Waals surface area contributed by atoms with E-state index in [0.717, 1.165) is 11.3 Å². The Morgan fingerprint density at radius 3 is 2.64 bits per heavy atom. The lowest BCUT2D eigenvalue weighted by atomic mass is 10.1. The van der Waals surface area contributed by atoms with E-state index in [1.165, 1.54) is 29.5 Å². The molecule has 0 amide bonds. The van der Waals surface area contributed by atoms with Crippen LogP contribution in [0.2, 0.25) is 0 Å². The van der Waals surface area contributed by atoms with E-state index < -0.39 is 17.5 Å². The molecule has 0 bridgehead atoms. The minimum absolute atomic E-state index is 0.0388. The normalized spacial score (nSPS) is 14.0. The van der Waals surface area contributed by atoms with Gasteiger partial charge in [-0.1, -0.05) is 6.92 Å². The molecule has 2 aromatic rings. The molecule has 9 heteroatoms. The second-order valence-electron chi connectivity index (χ2n) is 6.18. The van der Waals surface area contributed by atoms with E-state index >= 15 is 0 Å². The Bertz CT molecular complexity index is 888. The fourth-order valence-corrected chi connectivity index (χ4v) is 3.74. The number of morpholine rings is 1. The Morgan fingerprint density at radius 2 is 2.00 bits per heavy atom. The lowest BCUT2D eigenvalue weighted by Crippen LogP contribution is -2.36. The number of esters is 1. The number of carbonyl (C=O) groups excluding carboxylic acids is 2. The van der Waals surface area contributed by atoms with Crippen molar-refractivity contribution in [2.24, 2.45) is 0 Å². The third-order valence-corrected chi connectivity index (χ3v) is 5.65. The van der Waals surface area contributed by atoms with E-state index in [4.69, 9.17) is 9.47 Å². The number of carbonyl (C=O) groups is 2. The summed E-state index contributed by atoms with van der Waals surface area (Å²) in [6.07, 6.45) is 0.830. The molecular formula is C19H20N2O6S. The molecule has 148 valence electrons. The van der Waals surface area contributed by atoms with Crippen molar-refractivity contribution in [1.29, 1.82) is 0 Å². The van der Waals surface area contributed by atoms with Crippen molar-refractivity contribution in [3.05, 3.63) is 55.8 Å². The van der Waals surface area contributed by atoms with Crippen molar-refractivity contribution in [1.82, 2.24) is 0 Å². The van der Waals surface area contributed by atoms with Crippen LogP contribution in [0.5, 0.6) is 0 Å². The van der Waals surface area contributed by atoms with Gasteiger partial charge in [-0.15, -0.1) is 11.3 Å². The van der Waals surface area contributed by atoms with Crippen molar-refractivity contribution in [2.75, 3.05) is 37.8 Å². The molecule has 8 nitrogen and oxygen atoms in total. The molecule has 1 fully saturated rings. The highest BCUT2D eigenvalue weighted by Crippen LogP contribution is 2.30. The van der Waals surface area contributed by atoms with Gasteiger partial charge in [0.1, 0.15) is 5.69 Å². The summed E-state index contributed by atoms with van der Waals surface area (Å²) in [5.41, 5.74) is 0.303. The second-order valence-corrected chi connectivity index (χ2v) is 7.35. The Morgan fingerprint density at radius 1 is 1.25 bits per heavy atom. The molecule has 3 rings (SSSR count). The zero-order chi connectivity index (χ0) is 20.1. The molecule has 0 saturated carbocycles. The summed E-state index contributed by atoms with van der Waals surface area (Å²) in [6, 6.07) is 7.78. The number of ether oxygens (including phenoxy) is 2. The number of Topliss-reactive ketones (excluding diaryl/α,β-unsaturated/α-hetero) is 1. The van der Waals surface area contributed by atoms with E-state index in [9.17, 15) is 19.7 Å². The topological polar surface area (TPSA) is 99.0 Å². The largest absolute Gasteiger partial charge is 0.454 e. The lowest BCUT2D eigenvalue weighted by Gasteiger charge is -2.28. The fraction of sp³-hybridized carbons (Fsp3) is 0.368. The first-order chi connectivity index (χ1) is 13.5. The smallest absolute Gasteiger partial charge is 0.338 e. The van der Waals surface area contributed by atoms with Crippen LogP contribution >= 0.6 is 11.3 Å². The van der Waals surface area contributed by atoms with Gasteiger partial charge in [0.2, 0.25) is 5.78 Å². The number of benzene rings is 1. The number of anilines is 1. The van der Waals surface area contributed by atoms with Crippen molar-refractivity contribution < 1.29 is 24.0 Å². The molecule has 28 heavy (non-hydrogen) atoms. The van der Waals surface area contributed by atoms with E-state index in [1.807, 2.05) is 17.9 Å². The van der Waals surface area contributed by atoms with Gasteiger partial charge in [0.25, 0.3) is 5.69 Å². The maximum absolute atomic E-state index is 12.3. The summed E-state index contributed by atoms with van der Waals surface area (Å²) in [6.45, 7) is 3.66. The van der Waals surface area contributed by atoms with Gasteiger partial charge in [-0.05, 0) is 30.7 Å². The van der Waals surface area contributed by atoms with Crippen LogP contribution in [0.3, 0.4) is 0 Å². The maximum atomic E-state index is 12.3. The van der Waals surface area contributed by atoms with E-state index in [-0.39, 0.29) is 17.0 Å². The molecule has 1 aliphatic rings. The van der Waals surface area contributed by atoms with Crippen molar-refractivity contribution in [3.63, 3.8) is 0 Å². The van der Waals surface area contributed by atoms with Crippen LogP contribution in [-0.2, 0) is 15.9 Å². The van der Waals surface area contributed by atoms with Crippen molar-refractivity contribution >= 4 is 34.5 Å². The summed E-state index contributed by atoms with van der Waals surface area (Å²) in [7, 11) is 0. The van der Waals surface area contributed by atoms with Crippen LogP contribution in [0, 0.1) is 10.1 Å². The van der Waals surface area contributed by atoms with E-state index in [1.54, 1.807) is 6.07 Å². The molecule has 0 spiro atoms. The van der Waals surface area contributed by atoms with E-state index in [2.05, 4.69) is 0 Å². The van der Waals surface area contributed by atoms with Crippen LogP contribution in [0.1, 0.15) is 31.8 Å². The predicted molar refractivity (Wildman–Crippen MR) is 104 cm³/mol. The molecule has 1 aromatic carbocycles. The molecular weight excluding hydrogens is 384 g/mol. The number of nitro benzene ring substituents is 1. The average Bonchev–Trinajstić information content (AvgIpc) is 3.21. The van der Waals surface area contributed by atoms with Crippen LogP contribution in [0.15, 0.2) is 30.3 Å². The first-order valence-electron chi connectivity index (χ1n) is 8.89. The van der Waals surface area contributed by atoms with Crippen LogP contribution in [0.4, 0.5) is 11.4 Å². The number of hydrogen-bond acceptors (Lipinski definition) is 8. The van der Waals surface area contributed by atoms with Gasteiger partial charge in [0, 0.05) is 24.0 Å². The zero-order valence-corrected chi connectivity index (χ0v) is 16.2. The Balaban J connectivity index is 1.69. The Kier molecular flexibility index (Phi) is 6.37. The SMILES string of the molecule is CCc1ccc(C(=O)COC(=O)c2ccc(N3CCOCC3)c([N+](=O)[O-])c2)s1. The predicted octanol–water partition coefficient (Wildman–Crippen LogP) is 3.10. The standard InChI is InChI=1S/C19H20N2O6S/c1-2-14-4-6-18(28-14)17(22)12-27-19(23)13-3-5-15(16(11-13)21(24)25)20-7-9-26-10-8-20/h3-6,11H,2,7-10,12H2,1H3. The minimum Gasteiger partial charge on any atom is -0.454 e. The molecule has 1 aliphatic heterocycles. The van der Waals surface area contributed by atoms with E-state index in [0.29, 0.717) is 36.9 Å². The summed E-state index contributed by atoms with van der Waals surface area (Å²) in [5, 5.41) is 11.5. The zero-order valence-electron chi connectivity index (χ0n) is 15.4. The summed E-state index contributed by atoms with van der Waals surface area (Å²) in [5.74, 6) is -1.06. The Hall–Kier alpha value is -2.78. The number of thiophene rings is 1.